The smallest absolute Gasteiger partial charge is 0.333 e. The Morgan fingerprint density at radius 2 is 2.33 bits per heavy atom. The molecule has 0 aliphatic heterocycles. The summed E-state index contributed by atoms with van der Waals surface area (Å²) in [6.07, 6.45) is -0.790. The second-order valence-electron chi connectivity index (χ2n) is 3.02. The molecular formula is C10H10BrFO3. The molecule has 0 aromatic heterocycles. The third kappa shape index (κ3) is 3.28. The topological polar surface area (TPSA) is 46.5 Å². The summed E-state index contributed by atoms with van der Waals surface area (Å²) < 4.78 is 18.2. The maximum atomic E-state index is 13.1. The van der Waals surface area contributed by atoms with E-state index in [1.807, 2.05) is 0 Å². The minimum Gasteiger partial charge on any atom is -0.479 e. The number of halogens is 2. The van der Waals surface area contributed by atoms with Gasteiger partial charge in [-0.05, 0) is 33.6 Å². The van der Waals surface area contributed by atoms with Gasteiger partial charge >= 0.3 is 5.97 Å². The highest BCUT2D eigenvalue weighted by molar-refractivity contribution is 9.10. The largest absolute Gasteiger partial charge is 0.479 e. The molecule has 3 nitrogen and oxygen atoms in total. The first-order valence-electron chi connectivity index (χ1n) is 4.24. The van der Waals surface area contributed by atoms with Gasteiger partial charge < -0.3 is 9.84 Å². The highest BCUT2D eigenvalue weighted by Crippen LogP contribution is 2.17. The molecule has 0 aliphatic rings. The van der Waals surface area contributed by atoms with Gasteiger partial charge in [-0.2, -0.15) is 0 Å². The van der Waals surface area contributed by atoms with Crippen LogP contribution in [-0.2, 0) is 16.0 Å². The third-order valence-corrected chi connectivity index (χ3v) is 2.61. The van der Waals surface area contributed by atoms with Gasteiger partial charge in [0.25, 0.3) is 0 Å². The number of carbonyl (C=O) groups is 1. The van der Waals surface area contributed by atoms with Crippen LogP contribution < -0.4 is 0 Å². The Bertz CT molecular complexity index is 368. The molecule has 0 radical (unpaired) electrons. The molecule has 0 aliphatic carbocycles. The highest BCUT2D eigenvalue weighted by Gasteiger charge is 2.17. The average molecular weight is 277 g/mol. The van der Waals surface area contributed by atoms with Crippen molar-refractivity contribution in [2.75, 3.05) is 7.11 Å². The molecule has 0 heterocycles. The van der Waals surface area contributed by atoms with E-state index in [1.54, 1.807) is 12.1 Å². The van der Waals surface area contributed by atoms with E-state index in [2.05, 4.69) is 15.9 Å². The highest BCUT2D eigenvalue weighted by atomic mass is 79.9. The van der Waals surface area contributed by atoms with E-state index in [1.165, 1.54) is 13.2 Å². The van der Waals surface area contributed by atoms with Crippen LogP contribution in [0.5, 0.6) is 0 Å². The standard InChI is InChI=1S/C10H10BrFO3/c1-15-9(10(13)14)5-6-2-3-7(11)8(12)4-6/h2-4,9H,5H2,1H3,(H,13,14). The maximum Gasteiger partial charge on any atom is 0.333 e. The summed E-state index contributed by atoms with van der Waals surface area (Å²) >= 11 is 3.02. The average Bonchev–Trinajstić information content (AvgIpc) is 2.19. The molecule has 15 heavy (non-hydrogen) atoms. The fourth-order valence-electron chi connectivity index (χ4n) is 1.15. The van der Waals surface area contributed by atoms with Crippen molar-refractivity contribution < 1.29 is 19.0 Å². The first-order valence-corrected chi connectivity index (χ1v) is 5.03. The Hall–Kier alpha value is -0.940. The minimum atomic E-state index is -1.05. The number of hydrogen-bond acceptors (Lipinski definition) is 2. The lowest BCUT2D eigenvalue weighted by atomic mass is 10.1. The zero-order chi connectivity index (χ0) is 11.4. The monoisotopic (exact) mass is 276 g/mol. The van der Waals surface area contributed by atoms with E-state index in [4.69, 9.17) is 9.84 Å². The van der Waals surface area contributed by atoms with Gasteiger partial charge in [-0.1, -0.05) is 6.07 Å². The van der Waals surface area contributed by atoms with E-state index >= 15 is 0 Å². The van der Waals surface area contributed by atoms with Crippen molar-refractivity contribution in [1.29, 1.82) is 0 Å². The van der Waals surface area contributed by atoms with Crippen molar-refractivity contribution >= 4 is 21.9 Å². The Kier molecular flexibility index (Phi) is 4.23. The van der Waals surface area contributed by atoms with E-state index < -0.39 is 17.9 Å². The normalized spacial score (nSPS) is 12.5. The predicted molar refractivity (Wildman–Crippen MR) is 56.2 cm³/mol. The number of benzene rings is 1. The first kappa shape index (κ1) is 12.1. The molecule has 1 unspecified atom stereocenters. The third-order valence-electron chi connectivity index (χ3n) is 1.97. The Morgan fingerprint density at radius 3 is 2.80 bits per heavy atom. The molecule has 82 valence electrons. The summed E-state index contributed by atoms with van der Waals surface area (Å²) in [6, 6.07) is 4.49. The molecule has 0 spiro atoms. The zero-order valence-electron chi connectivity index (χ0n) is 8.04. The molecule has 0 fully saturated rings. The summed E-state index contributed by atoms with van der Waals surface area (Å²) in [4.78, 5) is 10.7. The number of ether oxygens (including phenoxy) is 1. The number of aliphatic carboxylic acids is 1. The molecule has 0 saturated carbocycles. The van der Waals surface area contributed by atoms with Crippen molar-refractivity contribution in [3.63, 3.8) is 0 Å². The molecule has 5 heteroatoms. The van der Waals surface area contributed by atoms with E-state index in [0.29, 0.717) is 10.0 Å². The van der Waals surface area contributed by atoms with Crippen LogP contribution in [0.1, 0.15) is 5.56 Å². The lowest BCUT2D eigenvalue weighted by Gasteiger charge is -2.10. The van der Waals surface area contributed by atoms with Gasteiger partial charge in [-0.25, -0.2) is 9.18 Å². The fraction of sp³-hybridized carbons (Fsp3) is 0.300. The summed E-state index contributed by atoms with van der Waals surface area (Å²) in [5, 5.41) is 8.73. The Balaban J connectivity index is 2.80. The Labute approximate surface area is 95.0 Å². The quantitative estimate of drug-likeness (QED) is 0.918. The van der Waals surface area contributed by atoms with Crippen LogP contribution in [0.25, 0.3) is 0 Å². The van der Waals surface area contributed by atoms with Crippen LogP contribution in [0, 0.1) is 5.82 Å². The van der Waals surface area contributed by atoms with Gasteiger partial charge in [0.05, 0.1) is 4.47 Å². The molecule has 1 aromatic carbocycles. The van der Waals surface area contributed by atoms with Crippen molar-refractivity contribution in [3.05, 3.63) is 34.1 Å². The second kappa shape index (κ2) is 5.23. The molecule has 1 aromatic rings. The summed E-state index contributed by atoms with van der Waals surface area (Å²) in [5.41, 5.74) is 0.588. The number of methoxy groups -OCH3 is 1. The molecule has 1 N–H and O–H groups in total. The van der Waals surface area contributed by atoms with Gasteiger partial charge in [0, 0.05) is 13.5 Å². The summed E-state index contributed by atoms with van der Waals surface area (Å²) in [7, 11) is 1.31. The minimum absolute atomic E-state index is 0.149. The molecule has 0 amide bonds. The van der Waals surface area contributed by atoms with Crippen LogP contribution in [0.2, 0.25) is 0 Å². The van der Waals surface area contributed by atoms with Crippen LogP contribution in [0.3, 0.4) is 0 Å². The van der Waals surface area contributed by atoms with Gasteiger partial charge in [-0.3, -0.25) is 0 Å². The summed E-state index contributed by atoms with van der Waals surface area (Å²) in [6.45, 7) is 0. The maximum absolute atomic E-state index is 13.1. The van der Waals surface area contributed by atoms with E-state index in [9.17, 15) is 9.18 Å². The van der Waals surface area contributed by atoms with Crippen molar-refractivity contribution in [2.45, 2.75) is 12.5 Å². The van der Waals surface area contributed by atoms with Crippen molar-refractivity contribution in [2.24, 2.45) is 0 Å². The number of rotatable bonds is 4. The van der Waals surface area contributed by atoms with Crippen molar-refractivity contribution in [3.8, 4) is 0 Å². The first-order chi connectivity index (χ1) is 7.04. The summed E-state index contributed by atoms with van der Waals surface area (Å²) in [5.74, 6) is -1.46. The molecule has 1 atom stereocenters. The van der Waals surface area contributed by atoms with Crippen LogP contribution in [0.4, 0.5) is 4.39 Å². The zero-order valence-corrected chi connectivity index (χ0v) is 9.62. The lowest BCUT2D eigenvalue weighted by molar-refractivity contribution is -0.148. The van der Waals surface area contributed by atoms with Gasteiger partial charge in [0.15, 0.2) is 6.10 Å². The van der Waals surface area contributed by atoms with Crippen LogP contribution in [0.15, 0.2) is 22.7 Å². The lowest BCUT2D eigenvalue weighted by Crippen LogP contribution is -2.24. The number of carboxylic acid groups (broad SMARTS) is 1. The number of hydrogen-bond donors (Lipinski definition) is 1. The van der Waals surface area contributed by atoms with Gasteiger partial charge in [0.1, 0.15) is 5.82 Å². The SMILES string of the molecule is COC(Cc1ccc(Br)c(F)c1)C(=O)O. The second-order valence-corrected chi connectivity index (χ2v) is 3.87. The van der Waals surface area contributed by atoms with Gasteiger partial charge in [0.2, 0.25) is 0 Å². The van der Waals surface area contributed by atoms with Crippen LogP contribution >= 0.6 is 15.9 Å². The van der Waals surface area contributed by atoms with Crippen LogP contribution in [-0.4, -0.2) is 24.3 Å². The number of carboxylic acids is 1. The van der Waals surface area contributed by atoms with Gasteiger partial charge in [-0.15, -0.1) is 0 Å². The van der Waals surface area contributed by atoms with E-state index in [-0.39, 0.29) is 6.42 Å². The molecular weight excluding hydrogens is 267 g/mol. The van der Waals surface area contributed by atoms with E-state index in [0.717, 1.165) is 0 Å². The Morgan fingerprint density at radius 1 is 1.67 bits per heavy atom. The predicted octanol–water partition coefficient (Wildman–Crippen LogP) is 2.23. The fourth-order valence-corrected chi connectivity index (χ4v) is 1.40. The van der Waals surface area contributed by atoms with Crippen molar-refractivity contribution in [1.82, 2.24) is 0 Å². The molecule has 0 saturated heterocycles. The molecule has 0 bridgehead atoms. The molecule has 1 rings (SSSR count).